The lowest BCUT2D eigenvalue weighted by molar-refractivity contribution is 0.352. The molecule has 1 saturated heterocycles. The predicted molar refractivity (Wildman–Crippen MR) is 54.3 cm³/mol. The second kappa shape index (κ2) is 4.86. The van der Waals surface area contributed by atoms with Crippen LogP contribution in [0.3, 0.4) is 0 Å². The van der Waals surface area contributed by atoms with Gasteiger partial charge in [0.25, 0.3) is 0 Å². The lowest BCUT2D eigenvalue weighted by atomic mass is 9.89. The zero-order valence-corrected chi connectivity index (χ0v) is 8.77. The zero-order chi connectivity index (χ0) is 8.97. The van der Waals surface area contributed by atoms with Gasteiger partial charge < -0.3 is 5.32 Å². The Labute approximate surface area is 76.9 Å². The maximum absolute atomic E-state index is 3.61. The van der Waals surface area contributed by atoms with Gasteiger partial charge in [0, 0.05) is 6.04 Å². The molecule has 0 amide bonds. The molecule has 1 aliphatic heterocycles. The van der Waals surface area contributed by atoms with Crippen molar-refractivity contribution < 1.29 is 0 Å². The maximum Gasteiger partial charge on any atom is 0.00957 e. The summed E-state index contributed by atoms with van der Waals surface area (Å²) >= 11 is 0. The number of hydrogen-bond acceptors (Lipinski definition) is 1. The second-order valence-electron chi connectivity index (χ2n) is 4.53. The fourth-order valence-corrected chi connectivity index (χ4v) is 2.36. The third-order valence-corrected chi connectivity index (χ3v) is 2.86. The molecule has 0 radical (unpaired) electrons. The van der Waals surface area contributed by atoms with Gasteiger partial charge in [-0.05, 0) is 37.6 Å². The Hall–Kier alpha value is -0.0400. The van der Waals surface area contributed by atoms with Crippen molar-refractivity contribution in [1.82, 2.24) is 5.32 Å². The lowest BCUT2D eigenvalue weighted by Gasteiger charge is -2.20. The molecule has 1 heterocycles. The van der Waals surface area contributed by atoms with Gasteiger partial charge in [-0.1, -0.05) is 27.2 Å². The summed E-state index contributed by atoms with van der Waals surface area (Å²) in [6.45, 7) is 8.21. The Morgan fingerprint density at radius 3 is 2.75 bits per heavy atom. The minimum Gasteiger partial charge on any atom is -0.314 e. The van der Waals surface area contributed by atoms with Crippen molar-refractivity contribution in [3.8, 4) is 0 Å². The lowest BCUT2D eigenvalue weighted by Crippen LogP contribution is -2.27. The van der Waals surface area contributed by atoms with E-state index < -0.39 is 0 Å². The third kappa shape index (κ3) is 2.78. The smallest absolute Gasteiger partial charge is 0.00957 e. The number of rotatable bonds is 4. The van der Waals surface area contributed by atoms with Crippen molar-refractivity contribution in [2.45, 2.75) is 52.5 Å². The van der Waals surface area contributed by atoms with E-state index in [-0.39, 0.29) is 0 Å². The molecule has 0 saturated carbocycles. The highest BCUT2D eigenvalue weighted by atomic mass is 14.9. The van der Waals surface area contributed by atoms with Crippen LogP contribution in [0, 0.1) is 11.8 Å². The monoisotopic (exact) mass is 169 g/mol. The van der Waals surface area contributed by atoms with E-state index in [2.05, 4.69) is 26.1 Å². The van der Waals surface area contributed by atoms with Gasteiger partial charge in [0.2, 0.25) is 0 Å². The first-order valence-electron chi connectivity index (χ1n) is 5.47. The summed E-state index contributed by atoms with van der Waals surface area (Å²) < 4.78 is 0. The molecule has 0 aromatic rings. The van der Waals surface area contributed by atoms with Gasteiger partial charge >= 0.3 is 0 Å². The Morgan fingerprint density at radius 2 is 2.17 bits per heavy atom. The molecule has 72 valence electrons. The number of nitrogens with one attached hydrogen (secondary N) is 1. The Kier molecular flexibility index (Phi) is 4.07. The van der Waals surface area contributed by atoms with E-state index in [4.69, 9.17) is 0 Å². The first-order chi connectivity index (χ1) is 5.74. The Morgan fingerprint density at radius 1 is 1.42 bits per heavy atom. The van der Waals surface area contributed by atoms with E-state index in [9.17, 15) is 0 Å². The van der Waals surface area contributed by atoms with Gasteiger partial charge in [-0.15, -0.1) is 0 Å². The molecule has 0 bridgehead atoms. The van der Waals surface area contributed by atoms with Crippen molar-refractivity contribution in [2.24, 2.45) is 11.8 Å². The normalized spacial score (nSPS) is 30.0. The van der Waals surface area contributed by atoms with E-state index in [1.807, 2.05) is 0 Å². The van der Waals surface area contributed by atoms with Crippen LogP contribution in [0.5, 0.6) is 0 Å². The van der Waals surface area contributed by atoms with E-state index in [1.54, 1.807) is 0 Å². The molecule has 1 aliphatic rings. The highest BCUT2D eigenvalue weighted by Crippen LogP contribution is 2.25. The minimum absolute atomic E-state index is 0.831. The summed E-state index contributed by atoms with van der Waals surface area (Å²) in [7, 11) is 0. The molecule has 1 fully saturated rings. The van der Waals surface area contributed by atoms with Gasteiger partial charge in [-0.2, -0.15) is 0 Å². The van der Waals surface area contributed by atoms with Gasteiger partial charge in [0.15, 0.2) is 0 Å². The minimum atomic E-state index is 0.831. The molecular weight excluding hydrogens is 146 g/mol. The molecule has 0 aromatic carbocycles. The molecule has 2 unspecified atom stereocenters. The van der Waals surface area contributed by atoms with E-state index in [0.717, 1.165) is 17.9 Å². The van der Waals surface area contributed by atoms with Crippen molar-refractivity contribution in [1.29, 1.82) is 0 Å². The summed E-state index contributed by atoms with van der Waals surface area (Å²) in [5.74, 6) is 1.83. The first-order valence-corrected chi connectivity index (χ1v) is 5.47. The molecule has 0 aromatic heterocycles. The summed E-state index contributed by atoms with van der Waals surface area (Å²) in [4.78, 5) is 0. The summed E-state index contributed by atoms with van der Waals surface area (Å²) in [5.41, 5.74) is 0. The molecule has 1 heteroatoms. The third-order valence-electron chi connectivity index (χ3n) is 2.86. The van der Waals surface area contributed by atoms with Crippen LogP contribution in [-0.4, -0.2) is 12.6 Å². The molecule has 1 rings (SSSR count). The van der Waals surface area contributed by atoms with Crippen molar-refractivity contribution in [3.05, 3.63) is 0 Å². The zero-order valence-electron chi connectivity index (χ0n) is 8.77. The Balaban J connectivity index is 2.30. The Bertz CT molecular complexity index is 120. The first kappa shape index (κ1) is 10.0. The average Bonchev–Trinajstić information content (AvgIpc) is 2.37. The van der Waals surface area contributed by atoms with E-state index >= 15 is 0 Å². The van der Waals surface area contributed by atoms with Gasteiger partial charge in [0.05, 0.1) is 0 Å². The SMILES string of the molecule is CCCC1NCCC1CC(C)C. The van der Waals surface area contributed by atoms with Crippen molar-refractivity contribution in [3.63, 3.8) is 0 Å². The van der Waals surface area contributed by atoms with E-state index in [1.165, 1.54) is 32.2 Å². The van der Waals surface area contributed by atoms with E-state index in [0.29, 0.717) is 0 Å². The van der Waals surface area contributed by atoms with Crippen LogP contribution in [-0.2, 0) is 0 Å². The molecule has 1 N–H and O–H groups in total. The molecule has 2 atom stereocenters. The molecule has 0 aliphatic carbocycles. The standard InChI is InChI=1S/C11H23N/c1-4-5-11-10(6-7-12-11)8-9(2)3/h9-12H,4-8H2,1-3H3. The van der Waals surface area contributed by atoms with Crippen LogP contribution >= 0.6 is 0 Å². The van der Waals surface area contributed by atoms with Crippen molar-refractivity contribution >= 4 is 0 Å². The van der Waals surface area contributed by atoms with Crippen molar-refractivity contribution in [2.75, 3.05) is 6.54 Å². The van der Waals surface area contributed by atoms with Gasteiger partial charge in [-0.3, -0.25) is 0 Å². The van der Waals surface area contributed by atoms with Crippen LogP contribution in [0.4, 0.5) is 0 Å². The van der Waals surface area contributed by atoms with Crippen LogP contribution in [0.25, 0.3) is 0 Å². The van der Waals surface area contributed by atoms with Gasteiger partial charge in [0.1, 0.15) is 0 Å². The fourth-order valence-electron chi connectivity index (χ4n) is 2.36. The highest BCUT2D eigenvalue weighted by molar-refractivity contribution is 4.83. The van der Waals surface area contributed by atoms with Gasteiger partial charge in [-0.25, -0.2) is 0 Å². The molecule has 12 heavy (non-hydrogen) atoms. The second-order valence-corrected chi connectivity index (χ2v) is 4.53. The maximum atomic E-state index is 3.61. The summed E-state index contributed by atoms with van der Waals surface area (Å²) in [6, 6.07) is 0.831. The van der Waals surface area contributed by atoms with Crippen LogP contribution in [0.15, 0.2) is 0 Å². The summed E-state index contributed by atoms with van der Waals surface area (Å²) in [5, 5.41) is 3.61. The highest BCUT2D eigenvalue weighted by Gasteiger charge is 2.25. The molecule has 0 spiro atoms. The van der Waals surface area contributed by atoms with Crippen LogP contribution < -0.4 is 5.32 Å². The number of hydrogen-bond donors (Lipinski definition) is 1. The predicted octanol–water partition coefficient (Wildman–Crippen LogP) is 2.81. The quantitative estimate of drug-likeness (QED) is 0.682. The molecular formula is C11H23N. The fraction of sp³-hybridized carbons (Fsp3) is 1.00. The molecule has 1 nitrogen and oxygen atoms in total. The van der Waals surface area contributed by atoms with Crippen LogP contribution in [0.1, 0.15) is 46.5 Å². The van der Waals surface area contributed by atoms with Crippen LogP contribution in [0.2, 0.25) is 0 Å². The average molecular weight is 169 g/mol. The summed E-state index contributed by atoms with van der Waals surface area (Å²) in [6.07, 6.45) is 5.52. The topological polar surface area (TPSA) is 12.0 Å². The largest absolute Gasteiger partial charge is 0.314 e.